The molecule has 3 aromatic rings. The molecule has 0 bridgehead atoms. The Kier molecular flexibility index (Phi) is 5.83. The SMILES string of the molecule is Cc1ccc(/C=C(\C#N)C(=O)OCC(=O)Nc2cccc3ccccc23)cc1. The summed E-state index contributed by atoms with van der Waals surface area (Å²) >= 11 is 0. The van der Waals surface area contributed by atoms with Crippen LogP contribution in [0.5, 0.6) is 0 Å². The number of fused-ring (bicyclic) bond motifs is 1. The molecule has 0 spiro atoms. The Bertz CT molecular complexity index is 1090. The third kappa shape index (κ3) is 4.63. The van der Waals surface area contributed by atoms with Gasteiger partial charge >= 0.3 is 5.97 Å². The van der Waals surface area contributed by atoms with Gasteiger partial charge in [0.25, 0.3) is 5.91 Å². The molecule has 3 aromatic carbocycles. The Morgan fingerprint density at radius 1 is 1.04 bits per heavy atom. The fraction of sp³-hybridized carbons (Fsp3) is 0.0870. The third-order valence-corrected chi connectivity index (χ3v) is 4.13. The number of carbonyl (C=O) groups excluding carboxylic acids is 2. The first kappa shape index (κ1) is 18.9. The number of hydrogen-bond donors (Lipinski definition) is 1. The van der Waals surface area contributed by atoms with Crippen LogP contribution in [0, 0.1) is 18.3 Å². The standard InChI is InChI=1S/C23H18N2O3/c1-16-9-11-17(12-10-16)13-19(14-24)23(27)28-15-22(26)25-21-8-4-6-18-5-2-3-7-20(18)21/h2-13H,15H2,1H3,(H,25,26)/b19-13+. The van der Waals surface area contributed by atoms with Crippen molar-refractivity contribution in [3.05, 3.63) is 83.4 Å². The maximum absolute atomic E-state index is 12.2. The minimum Gasteiger partial charge on any atom is -0.451 e. The molecule has 1 amide bonds. The summed E-state index contributed by atoms with van der Waals surface area (Å²) in [5.74, 6) is -1.31. The highest BCUT2D eigenvalue weighted by molar-refractivity contribution is 6.04. The molecule has 0 unspecified atom stereocenters. The summed E-state index contributed by atoms with van der Waals surface area (Å²) in [5.41, 5.74) is 2.25. The maximum atomic E-state index is 12.2. The van der Waals surface area contributed by atoms with Gasteiger partial charge in [-0.05, 0) is 30.0 Å². The lowest BCUT2D eigenvalue weighted by Crippen LogP contribution is -2.21. The van der Waals surface area contributed by atoms with Crippen LogP contribution >= 0.6 is 0 Å². The summed E-state index contributed by atoms with van der Waals surface area (Å²) in [5, 5.41) is 13.8. The second kappa shape index (κ2) is 8.65. The number of anilines is 1. The van der Waals surface area contributed by atoms with E-state index in [9.17, 15) is 14.9 Å². The molecule has 0 saturated heterocycles. The molecule has 28 heavy (non-hydrogen) atoms. The van der Waals surface area contributed by atoms with Gasteiger partial charge in [0, 0.05) is 11.1 Å². The Balaban J connectivity index is 1.64. The van der Waals surface area contributed by atoms with Gasteiger partial charge in [-0.25, -0.2) is 4.79 Å². The number of nitriles is 1. The molecule has 0 aliphatic carbocycles. The van der Waals surface area contributed by atoms with Gasteiger partial charge in [0.15, 0.2) is 6.61 Å². The monoisotopic (exact) mass is 370 g/mol. The maximum Gasteiger partial charge on any atom is 0.349 e. The molecule has 0 radical (unpaired) electrons. The van der Waals surface area contributed by atoms with Crippen molar-refractivity contribution < 1.29 is 14.3 Å². The topological polar surface area (TPSA) is 79.2 Å². The van der Waals surface area contributed by atoms with E-state index in [0.717, 1.165) is 16.3 Å². The molecule has 0 atom stereocenters. The van der Waals surface area contributed by atoms with Crippen molar-refractivity contribution in [3.8, 4) is 6.07 Å². The number of nitrogens with one attached hydrogen (secondary N) is 1. The van der Waals surface area contributed by atoms with Crippen LogP contribution in [-0.4, -0.2) is 18.5 Å². The van der Waals surface area contributed by atoms with Crippen molar-refractivity contribution >= 4 is 34.4 Å². The molecular weight excluding hydrogens is 352 g/mol. The molecular formula is C23H18N2O3. The zero-order valence-corrected chi connectivity index (χ0v) is 15.3. The molecule has 1 N–H and O–H groups in total. The van der Waals surface area contributed by atoms with Crippen LogP contribution < -0.4 is 5.32 Å². The Hall–Kier alpha value is -3.91. The zero-order chi connectivity index (χ0) is 19.9. The number of hydrogen-bond acceptors (Lipinski definition) is 4. The first-order valence-corrected chi connectivity index (χ1v) is 8.70. The highest BCUT2D eigenvalue weighted by Crippen LogP contribution is 2.22. The van der Waals surface area contributed by atoms with Crippen LogP contribution in [0.1, 0.15) is 11.1 Å². The number of nitrogens with zero attached hydrogens (tertiary/aromatic N) is 1. The highest BCUT2D eigenvalue weighted by atomic mass is 16.5. The second-order valence-corrected chi connectivity index (χ2v) is 6.23. The lowest BCUT2D eigenvalue weighted by atomic mass is 10.1. The van der Waals surface area contributed by atoms with Crippen molar-refractivity contribution in [1.29, 1.82) is 5.26 Å². The number of ether oxygens (including phenoxy) is 1. The van der Waals surface area contributed by atoms with E-state index in [4.69, 9.17) is 4.74 Å². The van der Waals surface area contributed by atoms with Gasteiger partial charge in [-0.15, -0.1) is 0 Å². The Morgan fingerprint density at radius 2 is 1.75 bits per heavy atom. The summed E-state index contributed by atoms with van der Waals surface area (Å²) in [6, 6.07) is 22.4. The fourth-order valence-electron chi connectivity index (χ4n) is 2.70. The summed E-state index contributed by atoms with van der Waals surface area (Å²) in [6.45, 7) is 1.47. The van der Waals surface area contributed by atoms with Crippen LogP contribution in [0.4, 0.5) is 5.69 Å². The highest BCUT2D eigenvalue weighted by Gasteiger charge is 2.14. The van der Waals surface area contributed by atoms with Crippen LogP contribution in [0.3, 0.4) is 0 Å². The molecule has 5 heteroatoms. The Morgan fingerprint density at radius 3 is 2.50 bits per heavy atom. The Labute approximate surface area is 162 Å². The van der Waals surface area contributed by atoms with Gasteiger partial charge in [-0.1, -0.05) is 66.2 Å². The molecule has 0 aromatic heterocycles. The minimum absolute atomic E-state index is 0.165. The number of esters is 1. The average molecular weight is 370 g/mol. The van der Waals surface area contributed by atoms with Crippen LogP contribution in [0.15, 0.2) is 72.3 Å². The summed E-state index contributed by atoms with van der Waals surface area (Å²) in [7, 11) is 0. The first-order valence-electron chi connectivity index (χ1n) is 8.70. The molecule has 0 saturated carbocycles. The van der Waals surface area contributed by atoms with Crippen molar-refractivity contribution in [2.24, 2.45) is 0 Å². The molecule has 5 nitrogen and oxygen atoms in total. The van der Waals surface area contributed by atoms with E-state index in [1.165, 1.54) is 6.08 Å². The van der Waals surface area contributed by atoms with Crippen molar-refractivity contribution in [2.75, 3.05) is 11.9 Å². The van der Waals surface area contributed by atoms with Gasteiger partial charge in [0.1, 0.15) is 11.6 Å². The molecule has 0 aliphatic rings. The lowest BCUT2D eigenvalue weighted by Gasteiger charge is -2.09. The predicted molar refractivity (Wildman–Crippen MR) is 108 cm³/mol. The van der Waals surface area contributed by atoms with E-state index < -0.39 is 18.5 Å². The molecule has 0 aliphatic heterocycles. The van der Waals surface area contributed by atoms with Crippen molar-refractivity contribution in [2.45, 2.75) is 6.92 Å². The average Bonchev–Trinajstić information content (AvgIpc) is 2.72. The number of benzene rings is 3. The van der Waals surface area contributed by atoms with E-state index in [1.54, 1.807) is 18.2 Å². The van der Waals surface area contributed by atoms with Gasteiger partial charge < -0.3 is 10.1 Å². The van der Waals surface area contributed by atoms with E-state index in [2.05, 4.69) is 5.32 Å². The summed E-state index contributed by atoms with van der Waals surface area (Å²) in [6.07, 6.45) is 1.43. The summed E-state index contributed by atoms with van der Waals surface area (Å²) in [4.78, 5) is 24.3. The smallest absolute Gasteiger partial charge is 0.349 e. The number of amides is 1. The van der Waals surface area contributed by atoms with E-state index in [1.807, 2.05) is 61.5 Å². The van der Waals surface area contributed by atoms with E-state index in [0.29, 0.717) is 11.3 Å². The normalized spacial score (nSPS) is 10.9. The van der Waals surface area contributed by atoms with Gasteiger partial charge in [-0.3, -0.25) is 4.79 Å². The lowest BCUT2D eigenvalue weighted by molar-refractivity contribution is -0.142. The largest absolute Gasteiger partial charge is 0.451 e. The van der Waals surface area contributed by atoms with Crippen LogP contribution in [0.2, 0.25) is 0 Å². The minimum atomic E-state index is -0.837. The van der Waals surface area contributed by atoms with Gasteiger partial charge in [0.05, 0.1) is 0 Å². The van der Waals surface area contributed by atoms with Crippen molar-refractivity contribution in [3.63, 3.8) is 0 Å². The second-order valence-electron chi connectivity index (χ2n) is 6.23. The van der Waals surface area contributed by atoms with Crippen molar-refractivity contribution in [1.82, 2.24) is 0 Å². The quantitative estimate of drug-likeness (QED) is 0.414. The van der Waals surface area contributed by atoms with Crippen LogP contribution in [0.25, 0.3) is 16.8 Å². The number of rotatable bonds is 5. The molecule has 0 fully saturated rings. The van der Waals surface area contributed by atoms with E-state index in [-0.39, 0.29) is 5.57 Å². The molecule has 138 valence electrons. The summed E-state index contributed by atoms with van der Waals surface area (Å²) < 4.78 is 5.00. The zero-order valence-electron chi connectivity index (χ0n) is 15.3. The predicted octanol–water partition coefficient (Wildman–Crippen LogP) is 4.24. The fourth-order valence-corrected chi connectivity index (χ4v) is 2.70. The molecule has 0 heterocycles. The van der Waals surface area contributed by atoms with Gasteiger partial charge in [0.2, 0.25) is 0 Å². The van der Waals surface area contributed by atoms with Crippen LogP contribution in [-0.2, 0) is 14.3 Å². The molecule has 3 rings (SSSR count). The third-order valence-electron chi connectivity index (χ3n) is 4.13. The number of carbonyl (C=O) groups is 2. The van der Waals surface area contributed by atoms with E-state index >= 15 is 0 Å². The number of aryl methyl sites for hydroxylation is 1. The first-order chi connectivity index (χ1) is 13.6. The van der Waals surface area contributed by atoms with Gasteiger partial charge in [-0.2, -0.15) is 5.26 Å².